The zero-order valence-electron chi connectivity index (χ0n) is 20.8. The number of aromatic nitrogens is 3. The zero-order valence-corrected chi connectivity index (χ0v) is 21.6. The van der Waals surface area contributed by atoms with Gasteiger partial charge in [0, 0.05) is 17.0 Å². The Hall–Kier alpha value is -2.44. The van der Waals surface area contributed by atoms with Gasteiger partial charge in [-0.1, -0.05) is 71.5 Å². The van der Waals surface area contributed by atoms with Crippen LogP contribution in [-0.2, 0) is 21.4 Å². The number of aromatic hydroxyl groups is 1. The van der Waals surface area contributed by atoms with E-state index in [0.29, 0.717) is 40.7 Å². The molecule has 1 aromatic heterocycles. The number of phenolic OH excluding ortho intramolecular Hbond substituents is 1. The highest BCUT2D eigenvalue weighted by atomic mass is 35.5. The third-order valence-corrected chi connectivity index (χ3v) is 6.43. The Morgan fingerprint density at radius 3 is 2.53 bits per heavy atom. The van der Waals surface area contributed by atoms with Gasteiger partial charge in [0.2, 0.25) is 0 Å². The number of hydrogen-bond acceptors (Lipinski definition) is 5. The van der Waals surface area contributed by atoms with Crippen LogP contribution in [0.25, 0.3) is 16.7 Å². The SMILES string of the molecule is CCCCC(CC)COC(C=O)Cc1cc(-n2nc3ccc(Cl)cc3n2)c(O)c(C(C)(C)C)c1. The number of ether oxygens (including phenoxy) is 1. The topological polar surface area (TPSA) is 77.2 Å². The molecule has 2 aromatic carbocycles. The number of benzene rings is 2. The quantitative estimate of drug-likeness (QED) is 0.317. The van der Waals surface area contributed by atoms with Gasteiger partial charge in [0.05, 0.1) is 6.61 Å². The van der Waals surface area contributed by atoms with Crippen molar-refractivity contribution in [2.45, 2.75) is 78.2 Å². The first-order valence-electron chi connectivity index (χ1n) is 12.1. The number of carbonyl (C=O) groups is 1. The van der Waals surface area contributed by atoms with Crippen LogP contribution in [0.5, 0.6) is 5.75 Å². The normalized spacial score (nSPS) is 13.8. The molecular weight excluding hydrogens is 450 g/mol. The second kappa shape index (κ2) is 11.3. The number of phenols is 1. The Bertz CT molecular complexity index is 1120. The Labute approximate surface area is 207 Å². The minimum absolute atomic E-state index is 0.122. The Kier molecular flexibility index (Phi) is 8.72. The molecule has 0 aliphatic heterocycles. The lowest BCUT2D eigenvalue weighted by atomic mass is 9.84. The second-order valence-electron chi connectivity index (χ2n) is 10.0. The van der Waals surface area contributed by atoms with Crippen molar-refractivity contribution in [3.8, 4) is 11.4 Å². The van der Waals surface area contributed by atoms with Gasteiger partial charge in [0.1, 0.15) is 34.9 Å². The van der Waals surface area contributed by atoms with Crippen molar-refractivity contribution in [2.24, 2.45) is 5.92 Å². The number of unbranched alkanes of at least 4 members (excludes halogenated alkanes) is 1. The van der Waals surface area contributed by atoms with Crippen LogP contribution in [0, 0.1) is 5.92 Å². The van der Waals surface area contributed by atoms with E-state index in [2.05, 4.69) is 24.0 Å². The summed E-state index contributed by atoms with van der Waals surface area (Å²) in [5, 5.41) is 20.8. The van der Waals surface area contributed by atoms with Crippen molar-refractivity contribution in [3.05, 3.63) is 46.5 Å². The first-order chi connectivity index (χ1) is 16.2. The van der Waals surface area contributed by atoms with Crippen molar-refractivity contribution in [1.82, 2.24) is 15.0 Å². The molecule has 0 saturated heterocycles. The number of carbonyl (C=O) groups excluding carboxylic acids is 1. The molecular formula is C27H36ClN3O3. The lowest BCUT2D eigenvalue weighted by molar-refractivity contribution is -0.119. The highest BCUT2D eigenvalue weighted by Crippen LogP contribution is 2.36. The van der Waals surface area contributed by atoms with Gasteiger partial charge in [-0.2, -0.15) is 0 Å². The Morgan fingerprint density at radius 2 is 1.88 bits per heavy atom. The van der Waals surface area contributed by atoms with Crippen LogP contribution in [0.4, 0.5) is 0 Å². The third-order valence-electron chi connectivity index (χ3n) is 6.19. The summed E-state index contributed by atoms with van der Waals surface area (Å²) in [6.45, 7) is 11.0. The fourth-order valence-electron chi connectivity index (χ4n) is 4.05. The zero-order chi connectivity index (χ0) is 24.9. The van der Waals surface area contributed by atoms with Crippen molar-refractivity contribution >= 4 is 28.9 Å². The summed E-state index contributed by atoms with van der Waals surface area (Å²) in [4.78, 5) is 13.3. The van der Waals surface area contributed by atoms with Crippen LogP contribution in [0.2, 0.25) is 5.02 Å². The summed E-state index contributed by atoms with van der Waals surface area (Å²) in [6, 6.07) is 9.08. The lowest BCUT2D eigenvalue weighted by Crippen LogP contribution is -2.22. The second-order valence-corrected chi connectivity index (χ2v) is 10.4. The van der Waals surface area contributed by atoms with Crippen LogP contribution in [0.15, 0.2) is 30.3 Å². The molecule has 3 rings (SSSR count). The van der Waals surface area contributed by atoms with E-state index in [1.807, 2.05) is 32.9 Å². The average Bonchev–Trinajstić information content (AvgIpc) is 3.21. The maximum absolute atomic E-state index is 11.9. The highest BCUT2D eigenvalue weighted by molar-refractivity contribution is 6.31. The maximum atomic E-state index is 11.9. The predicted molar refractivity (Wildman–Crippen MR) is 137 cm³/mol. The fourth-order valence-corrected chi connectivity index (χ4v) is 4.22. The van der Waals surface area contributed by atoms with Gasteiger partial charge < -0.3 is 14.6 Å². The number of nitrogens with zero attached hydrogens (tertiary/aromatic N) is 3. The van der Waals surface area contributed by atoms with Crippen LogP contribution in [0.3, 0.4) is 0 Å². The largest absolute Gasteiger partial charge is 0.505 e. The average molecular weight is 486 g/mol. The summed E-state index contributed by atoms with van der Waals surface area (Å²) in [5.74, 6) is 0.576. The van der Waals surface area contributed by atoms with E-state index in [1.54, 1.807) is 18.2 Å². The van der Waals surface area contributed by atoms with Gasteiger partial charge in [-0.3, -0.25) is 0 Å². The molecule has 0 aliphatic rings. The minimum Gasteiger partial charge on any atom is -0.505 e. The summed E-state index contributed by atoms with van der Waals surface area (Å²) < 4.78 is 6.02. The van der Waals surface area contributed by atoms with Crippen LogP contribution in [0.1, 0.15) is 71.4 Å². The van der Waals surface area contributed by atoms with Crippen LogP contribution < -0.4 is 0 Å². The molecule has 34 heavy (non-hydrogen) atoms. The van der Waals surface area contributed by atoms with E-state index in [0.717, 1.165) is 36.7 Å². The summed E-state index contributed by atoms with van der Waals surface area (Å²) in [7, 11) is 0. The minimum atomic E-state index is -0.552. The maximum Gasteiger partial charge on any atom is 0.149 e. The summed E-state index contributed by atoms with van der Waals surface area (Å²) in [5.41, 5.74) is 3.11. The third kappa shape index (κ3) is 6.36. The lowest BCUT2D eigenvalue weighted by Gasteiger charge is -2.24. The van der Waals surface area contributed by atoms with E-state index in [4.69, 9.17) is 16.3 Å². The molecule has 2 unspecified atom stereocenters. The van der Waals surface area contributed by atoms with Crippen molar-refractivity contribution in [1.29, 1.82) is 0 Å². The van der Waals surface area contributed by atoms with Crippen molar-refractivity contribution in [2.75, 3.05) is 6.61 Å². The highest BCUT2D eigenvalue weighted by Gasteiger charge is 2.24. The van der Waals surface area contributed by atoms with Crippen LogP contribution in [-0.4, -0.2) is 39.1 Å². The molecule has 1 heterocycles. The monoisotopic (exact) mass is 485 g/mol. The number of halogens is 1. The van der Waals surface area contributed by atoms with E-state index < -0.39 is 6.10 Å². The molecule has 0 amide bonds. The molecule has 7 heteroatoms. The number of hydrogen-bond donors (Lipinski definition) is 1. The van der Waals surface area contributed by atoms with E-state index in [9.17, 15) is 9.90 Å². The Balaban J connectivity index is 1.93. The van der Waals surface area contributed by atoms with Crippen LogP contribution >= 0.6 is 11.6 Å². The predicted octanol–water partition coefficient (Wildman–Crippen LogP) is 6.42. The molecule has 0 saturated carbocycles. The summed E-state index contributed by atoms with van der Waals surface area (Å²) >= 11 is 6.11. The number of rotatable bonds is 11. The van der Waals surface area contributed by atoms with Gasteiger partial charge in [0.25, 0.3) is 0 Å². The van der Waals surface area contributed by atoms with Gasteiger partial charge in [-0.05, 0) is 47.6 Å². The van der Waals surface area contributed by atoms with E-state index in [-0.39, 0.29) is 11.2 Å². The van der Waals surface area contributed by atoms with E-state index in [1.165, 1.54) is 11.2 Å². The number of aldehydes is 1. The Morgan fingerprint density at radius 1 is 1.15 bits per heavy atom. The number of fused-ring (bicyclic) bond motifs is 1. The molecule has 0 bridgehead atoms. The van der Waals surface area contributed by atoms with Crippen molar-refractivity contribution < 1.29 is 14.6 Å². The molecule has 184 valence electrons. The van der Waals surface area contributed by atoms with E-state index >= 15 is 0 Å². The molecule has 0 spiro atoms. The smallest absolute Gasteiger partial charge is 0.149 e. The van der Waals surface area contributed by atoms with Gasteiger partial charge in [0.15, 0.2) is 0 Å². The van der Waals surface area contributed by atoms with Gasteiger partial charge in [-0.15, -0.1) is 15.0 Å². The molecule has 2 atom stereocenters. The molecule has 0 radical (unpaired) electrons. The van der Waals surface area contributed by atoms with Crippen molar-refractivity contribution in [3.63, 3.8) is 0 Å². The molecule has 6 nitrogen and oxygen atoms in total. The molecule has 0 fully saturated rings. The summed E-state index contributed by atoms with van der Waals surface area (Å²) in [6.07, 6.45) is 5.20. The molecule has 3 aromatic rings. The standard InChI is InChI=1S/C27H36ClN3O3/c1-6-8-9-18(7-2)17-34-21(16-32)12-19-13-22(27(3,4)5)26(33)25(14-19)31-29-23-11-10-20(28)15-24(23)30-31/h10-11,13-16,18,21,33H,6-9,12,17H2,1-5H3. The molecule has 0 aliphatic carbocycles. The van der Waals surface area contributed by atoms with Gasteiger partial charge in [-0.25, -0.2) is 0 Å². The van der Waals surface area contributed by atoms with Gasteiger partial charge >= 0.3 is 0 Å². The fraction of sp³-hybridized carbons (Fsp3) is 0.519. The first kappa shape index (κ1) is 26.2. The molecule has 1 N–H and O–H groups in total. The first-order valence-corrected chi connectivity index (χ1v) is 12.5.